The minimum atomic E-state index is 0.261. The third-order valence-electron chi connectivity index (χ3n) is 3.70. The van der Waals surface area contributed by atoms with E-state index in [4.69, 9.17) is 4.74 Å². The largest absolute Gasteiger partial charge is 0.375 e. The fourth-order valence-electron chi connectivity index (χ4n) is 2.65. The molecule has 0 radical (unpaired) electrons. The highest BCUT2D eigenvalue weighted by Gasteiger charge is 2.23. The van der Waals surface area contributed by atoms with Gasteiger partial charge in [0, 0.05) is 32.5 Å². The van der Waals surface area contributed by atoms with Crippen molar-refractivity contribution >= 4 is 0 Å². The van der Waals surface area contributed by atoms with Crippen molar-refractivity contribution in [1.82, 2.24) is 20.1 Å². The Hall–Kier alpha value is -0.940. The number of hydrogen-bond acceptors (Lipinski definition) is 4. The van der Waals surface area contributed by atoms with Crippen LogP contribution in [0.3, 0.4) is 0 Å². The second-order valence-electron chi connectivity index (χ2n) is 5.18. The molecule has 17 heavy (non-hydrogen) atoms. The first kappa shape index (κ1) is 11.2. The van der Waals surface area contributed by atoms with Gasteiger partial charge in [-0.15, -0.1) is 10.2 Å². The Morgan fingerprint density at radius 3 is 3.24 bits per heavy atom. The van der Waals surface area contributed by atoms with E-state index in [1.165, 1.54) is 6.42 Å². The van der Waals surface area contributed by atoms with Gasteiger partial charge in [0.1, 0.15) is 11.6 Å². The molecule has 1 saturated heterocycles. The maximum absolute atomic E-state index is 5.72. The molecule has 2 aliphatic heterocycles. The molecule has 94 valence electrons. The summed E-state index contributed by atoms with van der Waals surface area (Å²) < 4.78 is 8.01. The summed E-state index contributed by atoms with van der Waals surface area (Å²) in [4.78, 5) is 0. The van der Waals surface area contributed by atoms with E-state index in [1.807, 2.05) is 0 Å². The van der Waals surface area contributed by atoms with Crippen molar-refractivity contribution in [2.45, 2.75) is 38.8 Å². The van der Waals surface area contributed by atoms with Crippen LogP contribution in [0, 0.1) is 5.92 Å². The van der Waals surface area contributed by atoms with Crippen molar-refractivity contribution in [2.75, 3.05) is 19.7 Å². The van der Waals surface area contributed by atoms with E-state index < -0.39 is 0 Å². The molecule has 0 aliphatic carbocycles. The summed E-state index contributed by atoms with van der Waals surface area (Å²) >= 11 is 0. The van der Waals surface area contributed by atoms with Gasteiger partial charge in [0.2, 0.25) is 0 Å². The SMILES string of the molecule is CC1CCn2c(nnc2CC2CNCCO2)C1. The summed E-state index contributed by atoms with van der Waals surface area (Å²) in [6.45, 7) is 6.05. The normalized spacial score (nSPS) is 29.0. The van der Waals surface area contributed by atoms with E-state index in [-0.39, 0.29) is 6.10 Å². The van der Waals surface area contributed by atoms with E-state index in [9.17, 15) is 0 Å². The molecule has 0 saturated carbocycles. The summed E-state index contributed by atoms with van der Waals surface area (Å²) in [7, 11) is 0. The minimum Gasteiger partial charge on any atom is -0.375 e. The number of morpholine rings is 1. The molecule has 0 aromatic carbocycles. The second kappa shape index (κ2) is 4.74. The van der Waals surface area contributed by atoms with E-state index >= 15 is 0 Å². The quantitative estimate of drug-likeness (QED) is 0.807. The molecular weight excluding hydrogens is 216 g/mol. The van der Waals surface area contributed by atoms with Crippen molar-refractivity contribution in [3.05, 3.63) is 11.6 Å². The first-order valence-corrected chi connectivity index (χ1v) is 6.56. The molecule has 5 nitrogen and oxygen atoms in total. The van der Waals surface area contributed by atoms with Gasteiger partial charge in [-0.2, -0.15) is 0 Å². The van der Waals surface area contributed by atoms with Gasteiger partial charge in [0.05, 0.1) is 12.7 Å². The first-order chi connectivity index (χ1) is 8.33. The monoisotopic (exact) mass is 236 g/mol. The average molecular weight is 236 g/mol. The number of aromatic nitrogens is 3. The van der Waals surface area contributed by atoms with Crippen LogP contribution in [0.5, 0.6) is 0 Å². The number of rotatable bonds is 2. The zero-order chi connectivity index (χ0) is 11.7. The molecule has 2 unspecified atom stereocenters. The number of nitrogens with one attached hydrogen (secondary N) is 1. The van der Waals surface area contributed by atoms with Crippen LogP contribution in [0.4, 0.5) is 0 Å². The topological polar surface area (TPSA) is 52.0 Å². The number of ether oxygens (including phenoxy) is 1. The Labute approximate surface area is 102 Å². The third kappa shape index (κ3) is 2.35. The fourth-order valence-corrected chi connectivity index (χ4v) is 2.65. The van der Waals surface area contributed by atoms with Gasteiger partial charge < -0.3 is 14.6 Å². The van der Waals surface area contributed by atoms with Gasteiger partial charge in [0.15, 0.2) is 0 Å². The number of fused-ring (bicyclic) bond motifs is 1. The molecule has 0 bridgehead atoms. The summed E-state index contributed by atoms with van der Waals surface area (Å²) in [5.41, 5.74) is 0. The Bertz CT molecular complexity index is 384. The Balaban J connectivity index is 1.71. The molecular formula is C12H20N4O. The van der Waals surface area contributed by atoms with Gasteiger partial charge in [-0.05, 0) is 12.3 Å². The lowest BCUT2D eigenvalue weighted by Gasteiger charge is -2.25. The van der Waals surface area contributed by atoms with E-state index in [1.54, 1.807) is 0 Å². The van der Waals surface area contributed by atoms with Crippen molar-refractivity contribution in [3.63, 3.8) is 0 Å². The third-order valence-corrected chi connectivity index (χ3v) is 3.70. The number of hydrogen-bond donors (Lipinski definition) is 1. The summed E-state index contributed by atoms with van der Waals surface area (Å²) in [5.74, 6) is 3.00. The first-order valence-electron chi connectivity index (χ1n) is 6.56. The maximum atomic E-state index is 5.72. The Morgan fingerprint density at radius 1 is 1.47 bits per heavy atom. The van der Waals surface area contributed by atoms with Crippen molar-refractivity contribution in [2.24, 2.45) is 5.92 Å². The molecule has 1 fully saturated rings. The van der Waals surface area contributed by atoms with Crippen LogP contribution in [0.25, 0.3) is 0 Å². The smallest absolute Gasteiger partial charge is 0.135 e. The molecule has 0 spiro atoms. The Kier molecular flexibility index (Phi) is 3.11. The van der Waals surface area contributed by atoms with Crippen LogP contribution >= 0.6 is 0 Å². The van der Waals surface area contributed by atoms with Crippen LogP contribution in [-0.2, 0) is 24.1 Å². The highest BCUT2D eigenvalue weighted by atomic mass is 16.5. The van der Waals surface area contributed by atoms with Gasteiger partial charge >= 0.3 is 0 Å². The summed E-state index contributed by atoms with van der Waals surface area (Å²) in [5, 5.41) is 12.0. The Morgan fingerprint density at radius 2 is 2.41 bits per heavy atom. The van der Waals surface area contributed by atoms with E-state index in [2.05, 4.69) is 27.0 Å². The summed E-state index contributed by atoms with van der Waals surface area (Å²) in [6, 6.07) is 0. The summed E-state index contributed by atoms with van der Waals surface area (Å²) in [6.07, 6.45) is 3.45. The predicted octanol–water partition coefficient (Wildman–Crippen LogP) is 0.391. The maximum Gasteiger partial charge on any atom is 0.135 e. The number of nitrogens with zero attached hydrogens (tertiary/aromatic N) is 3. The molecule has 2 atom stereocenters. The molecule has 1 aromatic heterocycles. The molecule has 5 heteroatoms. The van der Waals surface area contributed by atoms with Gasteiger partial charge in [-0.25, -0.2) is 0 Å². The lowest BCUT2D eigenvalue weighted by molar-refractivity contribution is 0.0274. The molecule has 3 heterocycles. The van der Waals surface area contributed by atoms with Crippen molar-refractivity contribution in [3.8, 4) is 0 Å². The van der Waals surface area contributed by atoms with Crippen molar-refractivity contribution in [1.29, 1.82) is 0 Å². The van der Waals surface area contributed by atoms with E-state index in [0.29, 0.717) is 0 Å². The van der Waals surface area contributed by atoms with Gasteiger partial charge in [0.25, 0.3) is 0 Å². The van der Waals surface area contributed by atoms with Gasteiger partial charge in [-0.1, -0.05) is 6.92 Å². The van der Waals surface area contributed by atoms with Gasteiger partial charge in [-0.3, -0.25) is 0 Å². The molecule has 1 aromatic rings. The van der Waals surface area contributed by atoms with Crippen molar-refractivity contribution < 1.29 is 4.74 Å². The molecule has 1 N–H and O–H groups in total. The highest BCUT2D eigenvalue weighted by Crippen LogP contribution is 2.20. The minimum absolute atomic E-state index is 0.261. The van der Waals surface area contributed by atoms with Crippen LogP contribution in [0.15, 0.2) is 0 Å². The molecule has 3 rings (SSSR count). The predicted molar refractivity (Wildman–Crippen MR) is 63.8 cm³/mol. The fraction of sp³-hybridized carbons (Fsp3) is 0.833. The van der Waals surface area contributed by atoms with E-state index in [0.717, 1.165) is 56.6 Å². The van der Waals surface area contributed by atoms with Crippen LogP contribution in [0.1, 0.15) is 25.0 Å². The van der Waals surface area contributed by atoms with Crippen LogP contribution in [0.2, 0.25) is 0 Å². The zero-order valence-electron chi connectivity index (χ0n) is 10.4. The molecule has 2 aliphatic rings. The average Bonchev–Trinajstić information content (AvgIpc) is 2.73. The standard InChI is InChI=1S/C12H20N4O/c1-9-2-4-16-11(6-9)14-15-12(16)7-10-8-13-3-5-17-10/h9-10,13H,2-8H2,1H3. The zero-order valence-corrected chi connectivity index (χ0v) is 10.4. The van der Waals surface area contributed by atoms with Crippen LogP contribution < -0.4 is 5.32 Å². The lowest BCUT2D eigenvalue weighted by Crippen LogP contribution is -2.40. The second-order valence-corrected chi connectivity index (χ2v) is 5.18. The lowest BCUT2D eigenvalue weighted by atomic mass is 10.0. The molecule has 0 amide bonds. The highest BCUT2D eigenvalue weighted by molar-refractivity contribution is 5.01. The van der Waals surface area contributed by atoms with Crippen LogP contribution in [-0.4, -0.2) is 40.6 Å².